The highest BCUT2D eigenvalue weighted by Crippen LogP contribution is 2.23. The molecule has 0 aliphatic carbocycles. The quantitative estimate of drug-likeness (QED) is 0.675. The van der Waals surface area contributed by atoms with Crippen LogP contribution in [-0.2, 0) is 15.4 Å². The van der Waals surface area contributed by atoms with E-state index in [0.29, 0.717) is 10.4 Å². The molecule has 0 spiro atoms. The van der Waals surface area contributed by atoms with Gasteiger partial charge in [0.05, 0.1) is 10.4 Å². The van der Waals surface area contributed by atoms with Crippen LogP contribution < -0.4 is 0 Å². The average molecular weight is 350 g/mol. The molecule has 0 saturated heterocycles. The first kappa shape index (κ1) is 13.4. The fourth-order valence-corrected chi connectivity index (χ4v) is 3.89. The maximum Gasteiger partial charge on any atom is 0.268 e. The monoisotopic (exact) mass is 349 g/mol. The second-order valence-corrected chi connectivity index (χ2v) is 6.83. The summed E-state index contributed by atoms with van der Waals surface area (Å²) in [7, 11) is -3.54. The van der Waals surface area contributed by atoms with E-state index >= 15 is 0 Å². The minimum absolute atomic E-state index is 0.294. The number of nitrogens with zero attached hydrogens (tertiary/aromatic N) is 1. The lowest BCUT2D eigenvalue weighted by Crippen LogP contribution is -2.11. The molecule has 0 aliphatic rings. The molecule has 2 aromatic carbocycles. The van der Waals surface area contributed by atoms with Gasteiger partial charge in [0.1, 0.15) is 0 Å². The summed E-state index contributed by atoms with van der Waals surface area (Å²) < 4.78 is 26.6. The molecule has 3 aromatic rings. The van der Waals surface area contributed by atoms with Crippen LogP contribution in [0.3, 0.4) is 0 Å². The summed E-state index contributed by atoms with van der Waals surface area (Å²) in [5.41, 5.74) is 1.81. The molecular formula is C15H12BrNO2S. The minimum Gasteiger partial charge on any atom is -0.241 e. The van der Waals surface area contributed by atoms with Crippen LogP contribution in [-0.4, -0.2) is 12.4 Å². The first-order chi connectivity index (χ1) is 9.63. The van der Waals surface area contributed by atoms with Gasteiger partial charge in [-0.3, -0.25) is 0 Å². The van der Waals surface area contributed by atoms with Crippen LogP contribution in [0.15, 0.2) is 65.7 Å². The summed E-state index contributed by atoms with van der Waals surface area (Å²) in [5, 5.41) is 1.67. The predicted molar refractivity (Wildman–Crippen MR) is 83.6 cm³/mol. The zero-order chi connectivity index (χ0) is 14.2. The van der Waals surface area contributed by atoms with E-state index in [2.05, 4.69) is 15.9 Å². The number of fused-ring (bicyclic) bond motifs is 1. The van der Waals surface area contributed by atoms with Gasteiger partial charge < -0.3 is 0 Å². The molecule has 1 aromatic heterocycles. The number of hydrogen-bond donors (Lipinski definition) is 0. The third-order valence-corrected chi connectivity index (χ3v) is 5.52. The zero-order valence-electron chi connectivity index (χ0n) is 10.5. The average Bonchev–Trinajstić information content (AvgIpc) is 2.91. The molecule has 0 fully saturated rings. The van der Waals surface area contributed by atoms with Crippen molar-refractivity contribution < 1.29 is 8.42 Å². The van der Waals surface area contributed by atoms with Crippen LogP contribution in [0, 0.1) is 0 Å². The van der Waals surface area contributed by atoms with Crippen LogP contribution in [0.2, 0.25) is 0 Å². The van der Waals surface area contributed by atoms with Crippen molar-refractivity contribution in [3.63, 3.8) is 0 Å². The van der Waals surface area contributed by atoms with Crippen LogP contribution in [0.5, 0.6) is 0 Å². The van der Waals surface area contributed by atoms with E-state index in [1.54, 1.807) is 36.5 Å². The topological polar surface area (TPSA) is 39.1 Å². The molecule has 3 rings (SSSR count). The molecule has 1 heterocycles. The lowest BCUT2D eigenvalue weighted by Gasteiger charge is -2.07. The molecule has 0 N–H and O–H groups in total. The predicted octanol–water partition coefficient (Wildman–Crippen LogP) is 3.77. The summed E-state index contributed by atoms with van der Waals surface area (Å²) in [6.07, 6.45) is 1.60. The Bertz CT molecular complexity index is 854. The third-order valence-electron chi connectivity index (χ3n) is 3.17. The highest BCUT2D eigenvalue weighted by Gasteiger charge is 2.18. The fourth-order valence-electron chi connectivity index (χ4n) is 2.17. The van der Waals surface area contributed by atoms with E-state index in [0.717, 1.165) is 16.3 Å². The lowest BCUT2D eigenvalue weighted by atomic mass is 10.2. The summed E-state index contributed by atoms with van der Waals surface area (Å²) in [4.78, 5) is 0.294. The molecule has 102 valence electrons. The van der Waals surface area contributed by atoms with Gasteiger partial charge in [-0.2, -0.15) is 0 Å². The largest absolute Gasteiger partial charge is 0.268 e. The smallest absolute Gasteiger partial charge is 0.241 e. The minimum atomic E-state index is -3.54. The van der Waals surface area contributed by atoms with E-state index in [1.807, 2.05) is 24.3 Å². The van der Waals surface area contributed by atoms with Gasteiger partial charge in [-0.05, 0) is 35.9 Å². The van der Waals surface area contributed by atoms with Crippen molar-refractivity contribution in [2.75, 3.05) is 0 Å². The van der Waals surface area contributed by atoms with Crippen LogP contribution in [0.1, 0.15) is 5.56 Å². The number of alkyl halides is 1. The van der Waals surface area contributed by atoms with E-state index in [4.69, 9.17) is 0 Å². The Morgan fingerprint density at radius 3 is 2.45 bits per heavy atom. The molecule has 5 heteroatoms. The summed E-state index contributed by atoms with van der Waals surface area (Å²) in [6, 6.07) is 16.0. The molecule has 0 aliphatic heterocycles. The Labute approximate surface area is 126 Å². The van der Waals surface area contributed by atoms with Gasteiger partial charge in [0, 0.05) is 16.9 Å². The van der Waals surface area contributed by atoms with Gasteiger partial charge in [0.2, 0.25) is 0 Å². The highest BCUT2D eigenvalue weighted by atomic mass is 79.9. The standard InChI is InChI=1S/C15H12BrNO2S/c16-11-12-6-7-15-13(10-12)8-9-17(15)20(18,19)14-4-2-1-3-5-14/h1-10H,11H2. The van der Waals surface area contributed by atoms with Gasteiger partial charge in [-0.25, -0.2) is 12.4 Å². The fraction of sp³-hybridized carbons (Fsp3) is 0.0667. The molecule has 0 unspecified atom stereocenters. The number of rotatable bonds is 3. The number of benzene rings is 2. The first-order valence-electron chi connectivity index (χ1n) is 6.09. The number of halogens is 1. The zero-order valence-corrected chi connectivity index (χ0v) is 12.9. The number of aromatic nitrogens is 1. The SMILES string of the molecule is O=S(=O)(c1ccccc1)n1ccc2cc(CBr)ccc21. The molecular weight excluding hydrogens is 338 g/mol. The molecule has 0 amide bonds. The molecule has 0 bridgehead atoms. The first-order valence-corrected chi connectivity index (χ1v) is 8.65. The second-order valence-electron chi connectivity index (χ2n) is 4.46. The van der Waals surface area contributed by atoms with Crippen molar-refractivity contribution in [2.45, 2.75) is 10.2 Å². The van der Waals surface area contributed by atoms with Gasteiger partial charge >= 0.3 is 0 Å². The maximum atomic E-state index is 12.6. The molecule has 20 heavy (non-hydrogen) atoms. The molecule has 3 nitrogen and oxygen atoms in total. The second kappa shape index (κ2) is 5.07. The van der Waals surface area contributed by atoms with E-state index in [-0.39, 0.29) is 0 Å². The Hall–Kier alpha value is -1.59. The third kappa shape index (κ3) is 2.17. The highest BCUT2D eigenvalue weighted by molar-refractivity contribution is 9.08. The van der Waals surface area contributed by atoms with Gasteiger partial charge in [0.15, 0.2) is 0 Å². The van der Waals surface area contributed by atoms with Crippen molar-refractivity contribution in [2.24, 2.45) is 0 Å². The van der Waals surface area contributed by atoms with Crippen molar-refractivity contribution in [3.05, 3.63) is 66.4 Å². The van der Waals surface area contributed by atoms with Gasteiger partial charge in [-0.1, -0.05) is 40.2 Å². The van der Waals surface area contributed by atoms with E-state index in [1.165, 1.54) is 3.97 Å². The summed E-state index contributed by atoms with van der Waals surface area (Å²) in [6.45, 7) is 0. The normalized spacial score (nSPS) is 11.8. The van der Waals surface area contributed by atoms with E-state index < -0.39 is 10.0 Å². The van der Waals surface area contributed by atoms with E-state index in [9.17, 15) is 8.42 Å². The molecule has 0 saturated carbocycles. The summed E-state index contributed by atoms with van der Waals surface area (Å²) >= 11 is 3.40. The Kier molecular flexibility index (Phi) is 3.40. The Morgan fingerprint density at radius 2 is 1.75 bits per heavy atom. The summed E-state index contributed by atoms with van der Waals surface area (Å²) in [5.74, 6) is 0. The van der Waals surface area contributed by atoms with Crippen molar-refractivity contribution in [1.82, 2.24) is 3.97 Å². The van der Waals surface area contributed by atoms with Crippen molar-refractivity contribution >= 4 is 36.9 Å². The van der Waals surface area contributed by atoms with Gasteiger partial charge in [0.25, 0.3) is 10.0 Å². The number of hydrogen-bond acceptors (Lipinski definition) is 2. The lowest BCUT2D eigenvalue weighted by molar-refractivity contribution is 0.589. The Morgan fingerprint density at radius 1 is 1.00 bits per heavy atom. The van der Waals surface area contributed by atoms with Crippen LogP contribution in [0.4, 0.5) is 0 Å². The molecule has 0 atom stereocenters. The molecule has 0 radical (unpaired) electrons. The maximum absolute atomic E-state index is 12.6. The Balaban J connectivity index is 2.20. The van der Waals surface area contributed by atoms with Gasteiger partial charge in [-0.15, -0.1) is 0 Å². The van der Waals surface area contributed by atoms with Crippen molar-refractivity contribution in [1.29, 1.82) is 0 Å². The van der Waals surface area contributed by atoms with Crippen LogP contribution in [0.25, 0.3) is 10.9 Å². The van der Waals surface area contributed by atoms with Crippen molar-refractivity contribution in [3.8, 4) is 0 Å². The van der Waals surface area contributed by atoms with Crippen LogP contribution >= 0.6 is 15.9 Å².